The van der Waals surface area contributed by atoms with Crippen molar-refractivity contribution in [3.05, 3.63) is 36.9 Å². The number of anilines is 2. The zero-order valence-electron chi connectivity index (χ0n) is 10.3. The SMILES string of the molecule is CCCCN1c2ccncc2Sc2ccncc21. The third kappa shape index (κ3) is 1.97. The Labute approximate surface area is 111 Å². The molecule has 0 spiro atoms. The molecule has 2 aromatic heterocycles. The van der Waals surface area contributed by atoms with Crippen molar-refractivity contribution in [1.82, 2.24) is 9.97 Å². The summed E-state index contributed by atoms with van der Waals surface area (Å²) in [4.78, 5) is 13.3. The maximum absolute atomic E-state index is 4.26. The minimum atomic E-state index is 1.03. The summed E-state index contributed by atoms with van der Waals surface area (Å²) in [5.41, 5.74) is 2.47. The normalized spacial score (nSPS) is 13.1. The molecule has 0 saturated carbocycles. The van der Waals surface area contributed by atoms with E-state index in [0.29, 0.717) is 0 Å². The van der Waals surface area contributed by atoms with Gasteiger partial charge in [0, 0.05) is 30.0 Å². The number of aromatic nitrogens is 2. The van der Waals surface area contributed by atoms with Crippen LogP contribution in [-0.4, -0.2) is 16.5 Å². The van der Waals surface area contributed by atoms with Crippen molar-refractivity contribution >= 4 is 23.1 Å². The molecule has 3 nitrogen and oxygen atoms in total. The average molecular weight is 257 g/mol. The largest absolute Gasteiger partial charge is 0.338 e. The van der Waals surface area contributed by atoms with Crippen LogP contribution in [0.1, 0.15) is 19.8 Å². The Hall–Kier alpha value is -1.55. The molecule has 0 amide bonds. The molecule has 0 radical (unpaired) electrons. The zero-order valence-corrected chi connectivity index (χ0v) is 11.2. The molecule has 4 heteroatoms. The third-order valence-corrected chi connectivity index (χ3v) is 4.16. The molecular formula is C14H15N3S. The van der Waals surface area contributed by atoms with E-state index in [1.807, 2.05) is 24.8 Å². The van der Waals surface area contributed by atoms with E-state index in [-0.39, 0.29) is 0 Å². The number of hydrogen-bond donors (Lipinski definition) is 0. The van der Waals surface area contributed by atoms with Crippen LogP contribution in [-0.2, 0) is 0 Å². The van der Waals surface area contributed by atoms with Gasteiger partial charge in [-0.2, -0.15) is 0 Å². The first kappa shape index (κ1) is 11.5. The summed E-state index contributed by atoms with van der Waals surface area (Å²) in [5.74, 6) is 0. The van der Waals surface area contributed by atoms with E-state index in [1.165, 1.54) is 34.0 Å². The van der Waals surface area contributed by atoms with Crippen LogP contribution in [0.25, 0.3) is 0 Å². The van der Waals surface area contributed by atoms with Gasteiger partial charge in [-0.25, -0.2) is 0 Å². The fourth-order valence-electron chi connectivity index (χ4n) is 2.14. The number of hydrogen-bond acceptors (Lipinski definition) is 4. The van der Waals surface area contributed by atoms with Gasteiger partial charge in [0.1, 0.15) is 0 Å². The van der Waals surface area contributed by atoms with Gasteiger partial charge >= 0.3 is 0 Å². The Bertz CT molecular complexity index is 511. The maximum atomic E-state index is 4.26. The van der Waals surface area contributed by atoms with Crippen molar-refractivity contribution in [2.24, 2.45) is 0 Å². The summed E-state index contributed by atoms with van der Waals surface area (Å²) in [5, 5.41) is 0. The van der Waals surface area contributed by atoms with Crippen molar-refractivity contribution in [2.45, 2.75) is 29.6 Å². The molecule has 0 unspecified atom stereocenters. The van der Waals surface area contributed by atoms with Gasteiger partial charge in [0.25, 0.3) is 0 Å². The highest BCUT2D eigenvalue weighted by Gasteiger charge is 2.22. The first-order chi connectivity index (χ1) is 8.90. The van der Waals surface area contributed by atoms with Gasteiger partial charge in [-0.3, -0.25) is 9.97 Å². The van der Waals surface area contributed by atoms with E-state index < -0.39 is 0 Å². The molecular weight excluding hydrogens is 242 g/mol. The lowest BCUT2D eigenvalue weighted by Gasteiger charge is -2.31. The van der Waals surface area contributed by atoms with Gasteiger partial charge in [0.2, 0.25) is 0 Å². The molecule has 3 heterocycles. The van der Waals surface area contributed by atoms with Crippen LogP contribution in [0.5, 0.6) is 0 Å². The van der Waals surface area contributed by atoms with E-state index in [9.17, 15) is 0 Å². The highest BCUT2D eigenvalue weighted by Crippen LogP contribution is 2.47. The molecule has 3 rings (SSSR count). The zero-order chi connectivity index (χ0) is 12.4. The quantitative estimate of drug-likeness (QED) is 0.834. The number of fused-ring (bicyclic) bond motifs is 2. The van der Waals surface area contributed by atoms with Crippen molar-refractivity contribution in [3.63, 3.8) is 0 Å². The van der Waals surface area contributed by atoms with Crippen LogP contribution in [0.3, 0.4) is 0 Å². The summed E-state index contributed by atoms with van der Waals surface area (Å²) in [6.07, 6.45) is 10.00. The Morgan fingerprint density at radius 2 is 1.89 bits per heavy atom. The molecule has 1 aliphatic heterocycles. The monoisotopic (exact) mass is 257 g/mol. The highest BCUT2D eigenvalue weighted by molar-refractivity contribution is 7.99. The maximum Gasteiger partial charge on any atom is 0.0739 e. The standard InChI is InChI=1S/C14H15N3S/c1-2-3-8-17-11-4-6-16-10-14(11)18-13-5-7-15-9-12(13)17/h4-7,9-10H,2-3,8H2,1H3. The van der Waals surface area contributed by atoms with Gasteiger partial charge in [-0.1, -0.05) is 25.1 Å². The van der Waals surface area contributed by atoms with Crippen molar-refractivity contribution in [1.29, 1.82) is 0 Å². The molecule has 0 saturated heterocycles. The number of pyridine rings is 2. The topological polar surface area (TPSA) is 29.0 Å². The summed E-state index contributed by atoms with van der Waals surface area (Å²) in [6.45, 7) is 3.25. The molecule has 2 aromatic rings. The first-order valence-corrected chi connectivity index (χ1v) is 7.05. The van der Waals surface area contributed by atoms with Crippen LogP contribution in [0.15, 0.2) is 46.7 Å². The van der Waals surface area contributed by atoms with E-state index >= 15 is 0 Å². The Morgan fingerprint density at radius 3 is 2.78 bits per heavy atom. The van der Waals surface area contributed by atoms with Gasteiger partial charge in [-0.05, 0) is 18.6 Å². The smallest absolute Gasteiger partial charge is 0.0739 e. The second kappa shape index (κ2) is 4.98. The lowest BCUT2D eigenvalue weighted by molar-refractivity contribution is 0.774. The van der Waals surface area contributed by atoms with Gasteiger partial charge in [0.15, 0.2) is 0 Å². The molecule has 0 aliphatic carbocycles. The molecule has 0 bridgehead atoms. The Balaban J connectivity index is 2.05. The summed E-state index contributed by atoms with van der Waals surface area (Å²) < 4.78 is 0. The molecule has 0 N–H and O–H groups in total. The van der Waals surface area contributed by atoms with Crippen LogP contribution in [0.4, 0.5) is 11.4 Å². The van der Waals surface area contributed by atoms with E-state index in [4.69, 9.17) is 0 Å². The van der Waals surface area contributed by atoms with E-state index in [2.05, 4.69) is 33.9 Å². The fraction of sp³-hybridized carbons (Fsp3) is 0.286. The second-order valence-corrected chi connectivity index (χ2v) is 5.38. The first-order valence-electron chi connectivity index (χ1n) is 6.23. The molecule has 0 fully saturated rings. The van der Waals surface area contributed by atoms with Crippen LogP contribution < -0.4 is 4.90 Å². The third-order valence-electron chi connectivity index (χ3n) is 3.06. The summed E-state index contributed by atoms with van der Waals surface area (Å²) >= 11 is 1.78. The van der Waals surface area contributed by atoms with Gasteiger partial charge in [-0.15, -0.1) is 0 Å². The number of nitrogens with zero attached hydrogens (tertiary/aromatic N) is 3. The van der Waals surface area contributed by atoms with Gasteiger partial charge in [0.05, 0.1) is 22.5 Å². The van der Waals surface area contributed by atoms with Crippen molar-refractivity contribution < 1.29 is 0 Å². The molecule has 92 valence electrons. The summed E-state index contributed by atoms with van der Waals surface area (Å²) in [7, 11) is 0. The van der Waals surface area contributed by atoms with Crippen LogP contribution >= 0.6 is 11.8 Å². The lowest BCUT2D eigenvalue weighted by atomic mass is 10.2. The van der Waals surface area contributed by atoms with Gasteiger partial charge < -0.3 is 4.90 Å². The average Bonchev–Trinajstić information content (AvgIpc) is 2.43. The van der Waals surface area contributed by atoms with E-state index in [1.54, 1.807) is 11.8 Å². The minimum Gasteiger partial charge on any atom is -0.338 e. The van der Waals surface area contributed by atoms with Crippen LogP contribution in [0, 0.1) is 0 Å². The van der Waals surface area contributed by atoms with E-state index in [0.717, 1.165) is 6.54 Å². The summed E-state index contributed by atoms with van der Waals surface area (Å²) in [6, 6.07) is 4.17. The fourth-order valence-corrected chi connectivity index (χ4v) is 3.17. The van der Waals surface area contributed by atoms with Crippen molar-refractivity contribution in [3.8, 4) is 0 Å². The molecule has 0 atom stereocenters. The predicted octanol–water partition coefficient (Wildman–Crippen LogP) is 3.88. The number of rotatable bonds is 3. The van der Waals surface area contributed by atoms with Crippen LogP contribution in [0.2, 0.25) is 0 Å². The lowest BCUT2D eigenvalue weighted by Crippen LogP contribution is -2.22. The molecule has 18 heavy (non-hydrogen) atoms. The predicted molar refractivity (Wildman–Crippen MR) is 74.5 cm³/mol. The highest BCUT2D eigenvalue weighted by atomic mass is 32.2. The second-order valence-electron chi connectivity index (χ2n) is 4.29. The Morgan fingerprint density at radius 1 is 1.06 bits per heavy atom. The molecule has 0 aromatic carbocycles. The number of unbranched alkanes of at least 4 members (excludes halogenated alkanes) is 1. The minimum absolute atomic E-state index is 1.03. The Kier molecular flexibility index (Phi) is 3.19. The van der Waals surface area contributed by atoms with Crippen molar-refractivity contribution in [2.75, 3.05) is 11.4 Å². The molecule has 1 aliphatic rings.